The van der Waals surface area contributed by atoms with Gasteiger partial charge in [0.1, 0.15) is 18.4 Å². The van der Waals surface area contributed by atoms with E-state index in [0.717, 1.165) is 81.1 Å². The smallest absolute Gasteiger partial charge is 0.243 e. The van der Waals surface area contributed by atoms with Crippen molar-refractivity contribution >= 4 is 58.1 Å². The van der Waals surface area contributed by atoms with E-state index in [0.29, 0.717) is 49.5 Å². The fourth-order valence-electron chi connectivity index (χ4n) is 7.77. The summed E-state index contributed by atoms with van der Waals surface area (Å²) >= 11 is 0. The average Bonchev–Trinajstić information content (AvgIpc) is 3.72. The van der Waals surface area contributed by atoms with Crippen molar-refractivity contribution < 1.29 is 33.6 Å². The maximum absolute atomic E-state index is 12.5. The van der Waals surface area contributed by atoms with Gasteiger partial charge in [0.15, 0.2) is 5.78 Å². The monoisotopic (exact) mass is 988 g/mol. The molecule has 0 bridgehead atoms. The van der Waals surface area contributed by atoms with Gasteiger partial charge >= 0.3 is 0 Å². The number of nitrogens with zero attached hydrogens (tertiary/aromatic N) is 2. The molecule has 0 radical (unpaired) electrons. The Kier molecular flexibility index (Phi) is 28.5. The molecule has 0 spiro atoms. The molecule has 390 valence electrons. The number of ketones is 2. The maximum atomic E-state index is 12.5. The Labute approximate surface area is 428 Å². The molecule has 2 aliphatic rings. The highest BCUT2D eigenvalue weighted by molar-refractivity contribution is 6.09. The summed E-state index contributed by atoms with van der Waals surface area (Å²) in [6, 6.07) is 24.2. The van der Waals surface area contributed by atoms with Crippen molar-refractivity contribution in [3.05, 3.63) is 126 Å². The second kappa shape index (κ2) is 34.5. The fourth-order valence-corrected chi connectivity index (χ4v) is 7.77. The molecule has 72 heavy (non-hydrogen) atoms. The molecular formula is C58H81N7O7. The number of aromatic nitrogens is 1. The highest BCUT2D eigenvalue weighted by Crippen LogP contribution is 2.22. The lowest BCUT2D eigenvalue weighted by Gasteiger charge is -2.37. The summed E-state index contributed by atoms with van der Waals surface area (Å²) in [5.41, 5.74) is 5.11. The van der Waals surface area contributed by atoms with Crippen LogP contribution in [0.4, 0.5) is 0 Å². The van der Waals surface area contributed by atoms with Gasteiger partial charge in [0.25, 0.3) is 0 Å². The molecular weight excluding hydrogens is 907 g/mol. The average molecular weight is 988 g/mol. The molecule has 4 aromatic rings. The van der Waals surface area contributed by atoms with E-state index in [1.807, 2.05) is 71.1 Å². The van der Waals surface area contributed by atoms with Crippen LogP contribution in [0.3, 0.4) is 0 Å². The number of aryl methyl sites for hydroxylation is 1. The van der Waals surface area contributed by atoms with Crippen LogP contribution < -0.4 is 26.6 Å². The van der Waals surface area contributed by atoms with Crippen LogP contribution in [0, 0.1) is 6.92 Å². The molecule has 14 nitrogen and oxygen atoms in total. The van der Waals surface area contributed by atoms with Crippen molar-refractivity contribution in [3.63, 3.8) is 0 Å². The number of carbonyl (C=O) groups excluding carboxylic acids is 7. The van der Waals surface area contributed by atoms with Gasteiger partial charge in [-0.15, -0.1) is 0 Å². The Morgan fingerprint density at radius 3 is 1.99 bits per heavy atom. The van der Waals surface area contributed by atoms with Gasteiger partial charge in [-0.3, -0.25) is 33.6 Å². The van der Waals surface area contributed by atoms with E-state index in [1.54, 1.807) is 30.3 Å². The number of hydrogen-bond donors (Lipinski definition) is 5. The first-order valence-electron chi connectivity index (χ1n) is 26.1. The Balaban J connectivity index is 0.000000342. The number of Topliss-reactive ketones (excluding diaryl/α,β-unsaturated/α-hetero) is 1. The van der Waals surface area contributed by atoms with E-state index in [4.69, 9.17) is 0 Å². The number of nitrogens with one attached hydrogen (secondary N) is 5. The van der Waals surface area contributed by atoms with Crippen LogP contribution in [-0.4, -0.2) is 95.9 Å². The van der Waals surface area contributed by atoms with Gasteiger partial charge in [-0.05, 0) is 68.7 Å². The van der Waals surface area contributed by atoms with Gasteiger partial charge in [0, 0.05) is 72.5 Å². The van der Waals surface area contributed by atoms with Crippen molar-refractivity contribution in [1.29, 1.82) is 0 Å². The molecule has 0 aliphatic carbocycles. The van der Waals surface area contributed by atoms with E-state index >= 15 is 0 Å². The number of fused-ring (bicyclic) bond motifs is 2. The standard InChI is InChI=1S/C33H35N3O3.C13H20N4O3.C8H16O.C4H10/c1-25-23-36(30-14-8-7-13-29(25)30)24-32(38)35-22-10-3-2-9-21-34-31(37)20-17-26-15-18-28(19-16-26)33(39)27-11-5-4-6-12-27;1-9-6-14-11(18)7-15-12(19)8-16-13(20)10-4-2-3-5-17(9)10;1-3-5-6-7-8(9)4-2;1-3-4-2/h4-8,11-20,23H,2-3,9-10,21-22,24H2,1H3,(H,34,37)(H,35,38);10H,1-8H2,(H,14,18)(H,15,19)(H,16,20);3-7H2,1-2H3;3-4H2,1-2H3/b20-17+;;;. The molecule has 1 atom stereocenters. The molecule has 14 heteroatoms. The summed E-state index contributed by atoms with van der Waals surface area (Å²) in [4.78, 5) is 84.7. The van der Waals surface area contributed by atoms with Crippen molar-refractivity contribution in [3.8, 4) is 0 Å². The Bertz CT molecular complexity index is 2310. The Morgan fingerprint density at radius 2 is 1.32 bits per heavy atom. The van der Waals surface area contributed by atoms with E-state index in [9.17, 15) is 33.6 Å². The van der Waals surface area contributed by atoms with Gasteiger partial charge in [-0.2, -0.15) is 0 Å². The van der Waals surface area contributed by atoms with Crippen molar-refractivity contribution in [1.82, 2.24) is 36.1 Å². The van der Waals surface area contributed by atoms with E-state index in [2.05, 4.69) is 66.9 Å². The van der Waals surface area contributed by atoms with Gasteiger partial charge in [-0.1, -0.05) is 146 Å². The zero-order chi connectivity index (χ0) is 52.5. The van der Waals surface area contributed by atoms with Crippen LogP contribution in [-0.2, 0) is 35.3 Å². The topological polar surface area (TPSA) is 188 Å². The lowest BCUT2D eigenvalue weighted by molar-refractivity contribution is -0.130. The van der Waals surface area contributed by atoms with Crippen molar-refractivity contribution in [2.45, 2.75) is 137 Å². The molecule has 2 fully saturated rings. The summed E-state index contributed by atoms with van der Waals surface area (Å²) in [6.45, 7) is 16.9. The molecule has 1 aromatic heterocycles. The molecule has 3 aromatic carbocycles. The van der Waals surface area contributed by atoms with Gasteiger partial charge in [-0.25, -0.2) is 0 Å². The minimum absolute atomic E-state index is 0.0206. The minimum Gasteiger partial charge on any atom is -0.362 e. The van der Waals surface area contributed by atoms with Crippen LogP contribution in [0.1, 0.15) is 145 Å². The largest absolute Gasteiger partial charge is 0.362 e. The molecule has 5 amide bonds. The number of para-hydroxylation sites is 1. The molecule has 1 unspecified atom stereocenters. The molecule has 5 N–H and O–H groups in total. The highest BCUT2D eigenvalue weighted by Gasteiger charge is 2.30. The second-order valence-corrected chi connectivity index (χ2v) is 18.1. The Hall–Kier alpha value is -6.83. The predicted octanol–water partition coefficient (Wildman–Crippen LogP) is 8.76. The van der Waals surface area contributed by atoms with Gasteiger partial charge in [0.05, 0.1) is 19.6 Å². The Morgan fingerprint density at radius 1 is 0.694 bits per heavy atom. The third-order valence-corrected chi connectivity index (χ3v) is 12.2. The lowest BCUT2D eigenvalue weighted by Crippen LogP contribution is -2.53. The minimum atomic E-state index is -0.366. The summed E-state index contributed by atoms with van der Waals surface area (Å²) in [6.07, 6.45) is 19.4. The van der Waals surface area contributed by atoms with Crippen molar-refractivity contribution in [2.24, 2.45) is 0 Å². The number of benzene rings is 3. The number of rotatable bonds is 19. The summed E-state index contributed by atoms with van der Waals surface area (Å²) in [5, 5.41) is 14.9. The second-order valence-electron chi connectivity index (χ2n) is 18.1. The summed E-state index contributed by atoms with van der Waals surface area (Å²) < 4.78 is 2.00. The molecule has 3 heterocycles. The quantitative estimate of drug-likeness (QED) is 0.0350. The van der Waals surface area contributed by atoms with Crippen LogP contribution >= 0.6 is 0 Å². The van der Waals surface area contributed by atoms with Crippen LogP contribution in [0.5, 0.6) is 0 Å². The zero-order valence-electron chi connectivity index (χ0n) is 43.6. The van der Waals surface area contributed by atoms with E-state index < -0.39 is 0 Å². The first kappa shape index (κ1) is 59.5. The molecule has 2 saturated heterocycles. The lowest BCUT2D eigenvalue weighted by atomic mass is 10.0. The number of amides is 5. The summed E-state index contributed by atoms with van der Waals surface area (Å²) in [5.74, 6) is -0.523. The maximum Gasteiger partial charge on any atom is 0.243 e. The van der Waals surface area contributed by atoms with Crippen LogP contribution in [0.2, 0.25) is 0 Å². The molecule has 2 aliphatic heterocycles. The molecule has 6 rings (SSSR count). The predicted molar refractivity (Wildman–Crippen MR) is 289 cm³/mol. The third kappa shape index (κ3) is 22.5. The SMILES string of the molecule is C=C1CNC(=O)CNC(=O)CNC(=O)C2CCCCN12.CCCC.CCCCCC(=O)CC.Cc1cn(CC(=O)NCCCCCCNC(=O)/C=C/c2ccc(C(=O)c3ccccc3)cc2)c2ccccc12. The first-order chi connectivity index (χ1) is 34.8. The zero-order valence-corrected chi connectivity index (χ0v) is 43.6. The highest BCUT2D eigenvalue weighted by atomic mass is 16.2. The van der Waals surface area contributed by atoms with Crippen molar-refractivity contribution in [2.75, 3.05) is 39.3 Å². The molecule has 0 saturated carbocycles. The van der Waals surface area contributed by atoms with Crippen LogP contribution in [0.15, 0.2) is 103 Å². The number of unbranched alkanes of at least 4 members (excludes halogenated alkanes) is 6. The number of carbonyl (C=O) groups is 7. The number of piperidine rings is 1. The summed E-state index contributed by atoms with van der Waals surface area (Å²) in [7, 11) is 0. The fraction of sp³-hybridized carbons (Fsp3) is 0.466. The normalized spacial score (nSPS) is 14.7. The third-order valence-electron chi connectivity index (χ3n) is 12.2. The van der Waals surface area contributed by atoms with E-state index in [1.165, 1.54) is 42.7 Å². The van der Waals surface area contributed by atoms with Gasteiger partial charge in [0.2, 0.25) is 29.5 Å². The van der Waals surface area contributed by atoms with Gasteiger partial charge < -0.3 is 36.1 Å². The number of hydrogen-bond acceptors (Lipinski definition) is 8. The van der Waals surface area contributed by atoms with E-state index in [-0.39, 0.29) is 54.5 Å². The first-order valence-corrected chi connectivity index (χ1v) is 26.1. The van der Waals surface area contributed by atoms with Crippen LogP contribution in [0.25, 0.3) is 17.0 Å².